The lowest BCUT2D eigenvalue weighted by Crippen LogP contribution is -2.35. The van der Waals surface area contributed by atoms with Crippen LogP contribution in [0.2, 0.25) is 0 Å². The highest BCUT2D eigenvalue weighted by Crippen LogP contribution is 2.14. The van der Waals surface area contributed by atoms with Gasteiger partial charge in [-0.1, -0.05) is 39.1 Å². The summed E-state index contributed by atoms with van der Waals surface area (Å²) in [6.45, 7) is 2.85. The molecule has 8 nitrogen and oxygen atoms in total. The van der Waals surface area contributed by atoms with E-state index in [1.165, 1.54) is 18.6 Å². The summed E-state index contributed by atoms with van der Waals surface area (Å²) < 4.78 is 28.6. The Kier molecular flexibility index (Phi) is 7.93. The lowest BCUT2D eigenvalue weighted by molar-refractivity contribution is -0.115. The van der Waals surface area contributed by atoms with E-state index in [0.29, 0.717) is 22.5 Å². The summed E-state index contributed by atoms with van der Waals surface area (Å²) in [5.41, 5.74) is 2.03. The third-order valence-corrected chi connectivity index (χ3v) is 4.13. The first-order valence-corrected chi connectivity index (χ1v) is 8.93. The summed E-state index contributed by atoms with van der Waals surface area (Å²) in [7, 11) is 1.26. The van der Waals surface area contributed by atoms with E-state index in [-0.39, 0.29) is 12.3 Å². The zero-order valence-electron chi connectivity index (χ0n) is 15.5. The molecule has 0 atom stereocenters. The molecule has 0 aliphatic heterocycles. The van der Waals surface area contributed by atoms with E-state index in [1.54, 1.807) is 31.2 Å². The molecular weight excluding hydrogens is 392 g/mol. The highest BCUT2D eigenvalue weighted by molar-refractivity contribution is 7.05. The van der Waals surface area contributed by atoms with Crippen molar-refractivity contribution in [2.45, 2.75) is 26.9 Å². The summed E-state index contributed by atoms with van der Waals surface area (Å²) in [5.74, 6) is -0.779. The van der Waals surface area contributed by atoms with Gasteiger partial charge >= 0.3 is 0 Å². The van der Waals surface area contributed by atoms with Gasteiger partial charge in [0.25, 0.3) is 12.3 Å². The van der Waals surface area contributed by atoms with Crippen LogP contribution in [-0.2, 0) is 21.1 Å². The fourth-order valence-electron chi connectivity index (χ4n) is 2.24. The largest absolute Gasteiger partial charge is 0.398 e. The molecule has 2 aromatic rings. The van der Waals surface area contributed by atoms with Gasteiger partial charge in [0.2, 0.25) is 0 Å². The molecule has 0 aliphatic rings. The minimum atomic E-state index is -2.67. The van der Waals surface area contributed by atoms with E-state index >= 15 is 0 Å². The molecule has 1 heterocycles. The van der Waals surface area contributed by atoms with E-state index in [1.807, 2.05) is 6.92 Å². The number of aryl methyl sites for hydroxylation is 1. The number of carbonyl (C=O) groups excluding carboxylic acids is 1. The SMILES string of the molecule is CO/N=C(\C(=O)NCC(F)F)c1ccccc1CO/N=C(/C)c1nnsc1C. The van der Waals surface area contributed by atoms with Crippen LogP contribution in [0.1, 0.15) is 28.6 Å². The number of oxime groups is 2. The number of benzene rings is 1. The number of hydrogen-bond donors (Lipinski definition) is 1. The molecule has 0 saturated carbocycles. The second kappa shape index (κ2) is 10.4. The molecule has 0 radical (unpaired) electrons. The molecule has 1 amide bonds. The first-order chi connectivity index (χ1) is 13.4. The first-order valence-electron chi connectivity index (χ1n) is 8.15. The number of aromatic nitrogens is 2. The van der Waals surface area contributed by atoms with Gasteiger partial charge in [0, 0.05) is 11.1 Å². The Labute approximate surface area is 164 Å². The number of rotatable bonds is 9. The minimum Gasteiger partial charge on any atom is -0.398 e. The van der Waals surface area contributed by atoms with E-state index in [0.717, 1.165) is 4.88 Å². The molecule has 0 fully saturated rings. The molecule has 1 aromatic heterocycles. The van der Waals surface area contributed by atoms with Crippen LogP contribution in [0, 0.1) is 6.92 Å². The number of alkyl halides is 2. The second-order valence-electron chi connectivity index (χ2n) is 5.51. The van der Waals surface area contributed by atoms with Gasteiger partial charge in [-0.2, -0.15) is 0 Å². The van der Waals surface area contributed by atoms with Gasteiger partial charge in [-0.3, -0.25) is 4.79 Å². The molecule has 0 bridgehead atoms. The summed E-state index contributed by atoms with van der Waals surface area (Å²) in [5, 5.41) is 13.8. The van der Waals surface area contributed by atoms with Crippen molar-refractivity contribution in [2.24, 2.45) is 10.3 Å². The van der Waals surface area contributed by atoms with Crippen molar-refractivity contribution in [3.8, 4) is 0 Å². The van der Waals surface area contributed by atoms with E-state index in [2.05, 4.69) is 25.2 Å². The molecule has 0 unspecified atom stereocenters. The quantitative estimate of drug-likeness (QED) is 0.505. The number of amides is 1. The third-order valence-electron chi connectivity index (χ3n) is 3.50. The first kappa shape index (κ1) is 21.4. The van der Waals surface area contributed by atoms with Crippen LogP contribution in [-0.4, -0.2) is 47.0 Å². The van der Waals surface area contributed by atoms with Crippen molar-refractivity contribution in [1.82, 2.24) is 14.9 Å². The zero-order valence-corrected chi connectivity index (χ0v) is 16.3. The molecule has 1 N–H and O–H groups in total. The molecule has 0 spiro atoms. The topological polar surface area (TPSA) is 98.1 Å². The fraction of sp³-hybridized carbons (Fsp3) is 0.353. The Morgan fingerprint density at radius 1 is 1.32 bits per heavy atom. The number of carbonyl (C=O) groups is 1. The number of halogens is 2. The number of hydrogen-bond acceptors (Lipinski definition) is 8. The van der Waals surface area contributed by atoms with Crippen LogP contribution in [0.5, 0.6) is 0 Å². The van der Waals surface area contributed by atoms with Gasteiger partial charge in [-0.25, -0.2) is 8.78 Å². The standard InChI is InChI=1S/C17H19F2N5O3S/c1-10(15-11(2)28-24-21-15)22-27-9-12-6-4-5-7-13(12)16(23-26-3)17(25)20-8-14(18)19/h4-7,14H,8-9H2,1-3H3,(H,20,25)/b22-10-,23-16-. The van der Waals surface area contributed by atoms with Crippen molar-refractivity contribution >= 4 is 28.9 Å². The van der Waals surface area contributed by atoms with Gasteiger partial charge in [0.05, 0.1) is 11.4 Å². The Morgan fingerprint density at radius 3 is 2.71 bits per heavy atom. The molecule has 11 heteroatoms. The predicted octanol–water partition coefficient (Wildman–Crippen LogP) is 2.52. The van der Waals surface area contributed by atoms with Crippen LogP contribution >= 0.6 is 11.5 Å². The number of nitrogens with one attached hydrogen (secondary N) is 1. The van der Waals surface area contributed by atoms with Gasteiger partial charge in [0.15, 0.2) is 5.71 Å². The zero-order chi connectivity index (χ0) is 20.5. The minimum absolute atomic E-state index is 0.0228. The van der Waals surface area contributed by atoms with Gasteiger partial charge in [0.1, 0.15) is 25.1 Å². The highest BCUT2D eigenvalue weighted by Gasteiger charge is 2.19. The van der Waals surface area contributed by atoms with Crippen LogP contribution in [0.15, 0.2) is 34.6 Å². The molecule has 150 valence electrons. The van der Waals surface area contributed by atoms with Crippen molar-refractivity contribution in [1.29, 1.82) is 0 Å². The Hall–Kier alpha value is -2.95. The van der Waals surface area contributed by atoms with Gasteiger partial charge in [-0.15, -0.1) is 5.10 Å². The summed E-state index contributed by atoms with van der Waals surface area (Å²) in [6.07, 6.45) is -2.67. The average molecular weight is 411 g/mol. The van der Waals surface area contributed by atoms with Crippen LogP contribution in [0.3, 0.4) is 0 Å². The van der Waals surface area contributed by atoms with Crippen molar-refractivity contribution in [2.75, 3.05) is 13.7 Å². The van der Waals surface area contributed by atoms with Crippen LogP contribution < -0.4 is 5.32 Å². The molecule has 28 heavy (non-hydrogen) atoms. The van der Waals surface area contributed by atoms with Crippen LogP contribution in [0.4, 0.5) is 8.78 Å². The maximum Gasteiger partial charge on any atom is 0.274 e. The maximum atomic E-state index is 12.4. The maximum absolute atomic E-state index is 12.4. The Bertz CT molecular complexity index is 870. The summed E-state index contributed by atoms with van der Waals surface area (Å²) in [6, 6.07) is 6.75. The van der Waals surface area contributed by atoms with E-state index < -0.39 is 18.9 Å². The Morgan fingerprint density at radius 2 is 2.07 bits per heavy atom. The lowest BCUT2D eigenvalue weighted by atomic mass is 10.0. The van der Waals surface area contributed by atoms with Crippen molar-refractivity contribution in [3.05, 3.63) is 46.0 Å². The molecule has 0 saturated heterocycles. The normalized spacial score (nSPS) is 12.2. The highest BCUT2D eigenvalue weighted by atomic mass is 32.1. The van der Waals surface area contributed by atoms with Crippen molar-refractivity contribution in [3.63, 3.8) is 0 Å². The Balaban J connectivity index is 2.17. The van der Waals surface area contributed by atoms with Gasteiger partial charge in [-0.05, 0) is 25.4 Å². The van der Waals surface area contributed by atoms with E-state index in [4.69, 9.17) is 9.68 Å². The summed E-state index contributed by atoms with van der Waals surface area (Å²) >= 11 is 1.26. The van der Waals surface area contributed by atoms with Crippen LogP contribution in [0.25, 0.3) is 0 Å². The monoisotopic (exact) mass is 411 g/mol. The van der Waals surface area contributed by atoms with Crippen molar-refractivity contribution < 1.29 is 23.3 Å². The second-order valence-corrected chi connectivity index (χ2v) is 6.47. The predicted molar refractivity (Wildman–Crippen MR) is 101 cm³/mol. The van der Waals surface area contributed by atoms with Gasteiger partial charge < -0.3 is 15.0 Å². The summed E-state index contributed by atoms with van der Waals surface area (Å²) in [4.78, 5) is 23.2. The lowest BCUT2D eigenvalue weighted by Gasteiger charge is -2.11. The molecule has 0 aliphatic carbocycles. The smallest absolute Gasteiger partial charge is 0.274 e. The number of nitrogens with zero attached hydrogens (tertiary/aromatic N) is 4. The molecule has 1 aromatic carbocycles. The fourth-order valence-corrected chi connectivity index (χ4v) is 2.76. The third kappa shape index (κ3) is 5.78. The van der Waals surface area contributed by atoms with E-state index in [9.17, 15) is 13.6 Å². The molecule has 2 rings (SSSR count). The average Bonchev–Trinajstić information content (AvgIpc) is 3.10. The molecular formula is C17H19F2N5O3S.